The van der Waals surface area contributed by atoms with Gasteiger partial charge in [0.2, 0.25) is 5.82 Å². The van der Waals surface area contributed by atoms with E-state index in [-0.39, 0.29) is 30.7 Å². The molecule has 32 heavy (non-hydrogen) atoms. The number of anilines is 1. The number of carboxylic acid groups (broad SMARTS) is 1. The van der Waals surface area contributed by atoms with Crippen molar-refractivity contribution >= 4 is 62.9 Å². The Labute approximate surface area is 194 Å². The number of nitrogens with one attached hydrogen (secondary N) is 2. The Morgan fingerprint density at radius 3 is 2.78 bits per heavy atom. The third-order valence-corrected chi connectivity index (χ3v) is 5.90. The Bertz CT molecular complexity index is 1340. The van der Waals surface area contributed by atoms with Crippen LogP contribution < -0.4 is 21.3 Å². The van der Waals surface area contributed by atoms with E-state index in [1.165, 1.54) is 22.7 Å². The van der Waals surface area contributed by atoms with Gasteiger partial charge in [-0.1, -0.05) is 6.07 Å². The van der Waals surface area contributed by atoms with Gasteiger partial charge >= 0.3 is 5.97 Å². The lowest BCUT2D eigenvalue weighted by molar-refractivity contribution is -0.118. The molecule has 0 aliphatic carbocycles. The SMILES string of the molecule is Cl.NCc1ccc2c(c1)NC(=O)CO2.O=C(O)c1nc2scc(-c3nccs3)c2c(=O)[nH]1. The summed E-state index contributed by atoms with van der Waals surface area (Å²) in [6.45, 7) is 0.554. The molecule has 4 aromatic rings. The van der Waals surface area contributed by atoms with Gasteiger partial charge in [-0.05, 0) is 17.7 Å². The Morgan fingerprint density at radius 2 is 2.09 bits per heavy atom. The maximum Gasteiger partial charge on any atom is 0.372 e. The summed E-state index contributed by atoms with van der Waals surface area (Å²) in [5, 5.41) is 16.2. The zero-order valence-corrected chi connectivity index (χ0v) is 18.6. The number of hydrogen-bond donors (Lipinski definition) is 4. The summed E-state index contributed by atoms with van der Waals surface area (Å²) in [7, 11) is 0. The molecule has 0 bridgehead atoms. The standard InChI is InChI=1S/C10H5N3O3S2.C9H10N2O2.ClH/c14-7-5-4(8-11-1-2-17-8)3-18-9(5)13-6(12-7)10(15)16;10-4-6-1-2-8-7(3-6)11-9(12)5-13-8;/h1-3H,(H,15,16)(H,12,13,14);1-3H,4-5,10H2,(H,11,12);1H. The molecule has 1 aliphatic heterocycles. The monoisotopic (exact) mass is 493 g/mol. The van der Waals surface area contributed by atoms with E-state index in [2.05, 4.69) is 20.3 Å². The first-order valence-electron chi connectivity index (χ1n) is 8.86. The lowest BCUT2D eigenvalue weighted by atomic mass is 10.1. The number of nitrogens with zero attached hydrogens (tertiary/aromatic N) is 2. The first-order chi connectivity index (χ1) is 15.0. The van der Waals surface area contributed by atoms with Crippen LogP contribution in [0.25, 0.3) is 20.8 Å². The first-order valence-corrected chi connectivity index (χ1v) is 10.6. The number of aromatic amines is 1. The van der Waals surface area contributed by atoms with Crippen molar-refractivity contribution in [2.24, 2.45) is 5.73 Å². The van der Waals surface area contributed by atoms with Gasteiger partial charge in [-0.3, -0.25) is 9.59 Å². The van der Waals surface area contributed by atoms with E-state index >= 15 is 0 Å². The number of hydrogen-bond acceptors (Lipinski definition) is 9. The fraction of sp³-hybridized carbons (Fsp3) is 0.105. The largest absolute Gasteiger partial charge is 0.482 e. The Morgan fingerprint density at radius 1 is 1.28 bits per heavy atom. The van der Waals surface area contributed by atoms with E-state index in [0.717, 1.165) is 10.6 Å². The molecule has 1 amide bonds. The topological polar surface area (TPSA) is 160 Å². The first kappa shape index (κ1) is 23.3. The second-order valence-corrected chi connectivity index (χ2v) is 8.01. The number of aromatic nitrogens is 3. The quantitative estimate of drug-likeness (QED) is 0.338. The summed E-state index contributed by atoms with van der Waals surface area (Å²) < 4.78 is 5.18. The number of nitrogens with two attached hydrogens (primary N) is 1. The average Bonchev–Trinajstić information content (AvgIpc) is 3.43. The van der Waals surface area contributed by atoms with Gasteiger partial charge in [0.15, 0.2) is 6.61 Å². The second kappa shape index (κ2) is 9.87. The van der Waals surface area contributed by atoms with Crippen molar-refractivity contribution in [3.63, 3.8) is 0 Å². The van der Waals surface area contributed by atoms with E-state index in [9.17, 15) is 14.4 Å². The van der Waals surface area contributed by atoms with Crippen molar-refractivity contribution in [1.29, 1.82) is 0 Å². The van der Waals surface area contributed by atoms with Crippen LogP contribution in [0.1, 0.15) is 16.2 Å². The molecule has 1 aromatic carbocycles. The van der Waals surface area contributed by atoms with Gasteiger partial charge < -0.3 is 25.9 Å². The molecule has 4 heterocycles. The Kier molecular flexibility index (Phi) is 7.20. The van der Waals surface area contributed by atoms with E-state index in [4.69, 9.17) is 15.6 Å². The predicted molar refractivity (Wildman–Crippen MR) is 124 cm³/mol. The third kappa shape index (κ3) is 4.78. The molecule has 166 valence electrons. The molecule has 0 atom stereocenters. The summed E-state index contributed by atoms with van der Waals surface area (Å²) in [5.74, 6) is -1.02. The Hall–Kier alpha value is -3.32. The molecule has 0 saturated carbocycles. The van der Waals surface area contributed by atoms with Crippen LogP contribution in [0.5, 0.6) is 5.75 Å². The highest BCUT2D eigenvalue weighted by Gasteiger charge is 2.17. The minimum Gasteiger partial charge on any atom is -0.482 e. The van der Waals surface area contributed by atoms with Gasteiger partial charge in [0.05, 0.1) is 11.1 Å². The number of carbonyl (C=O) groups is 2. The molecule has 13 heteroatoms. The molecule has 5 rings (SSSR count). The van der Waals surface area contributed by atoms with Crippen LogP contribution in [-0.4, -0.2) is 38.5 Å². The molecule has 0 saturated heterocycles. The second-order valence-electron chi connectivity index (χ2n) is 6.26. The summed E-state index contributed by atoms with van der Waals surface area (Å²) in [5.41, 5.74) is 7.38. The number of rotatable bonds is 3. The number of carboxylic acids is 1. The number of benzene rings is 1. The number of ether oxygens (including phenoxy) is 1. The molecule has 0 unspecified atom stereocenters. The fourth-order valence-corrected chi connectivity index (χ4v) is 4.48. The molecule has 5 N–H and O–H groups in total. The van der Waals surface area contributed by atoms with Gasteiger partial charge in [-0.15, -0.1) is 35.1 Å². The highest BCUT2D eigenvalue weighted by Crippen LogP contribution is 2.31. The number of aromatic carboxylic acids is 1. The molecule has 10 nitrogen and oxygen atoms in total. The average molecular weight is 494 g/mol. The highest BCUT2D eigenvalue weighted by molar-refractivity contribution is 7.18. The summed E-state index contributed by atoms with van der Waals surface area (Å²) in [6.07, 6.45) is 1.65. The van der Waals surface area contributed by atoms with Crippen LogP contribution in [0, 0.1) is 0 Å². The molecule has 0 radical (unpaired) electrons. The molecule has 0 spiro atoms. The molecular formula is C19H16ClN5O5S2. The Balaban J connectivity index is 0.000000184. The van der Waals surface area contributed by atoms with Gasteiger partial charge in [0, 0.05) is 29.1 Å². The van der Waals surface area contributed by atoms with Gasteiger partial charge in [-0.2, -0.15) is 0 Å². The number of carbonyl (C=O) groups excluding carboxylic acids is 1. The molecule has 3 aromatic heterocycles. The van der Waals surface area contributed by atoms with E-state index < -0.39 is 11.5 Å². The molecule has 0 fully saturated rings. The van der Waals surface area contributed by atoms with Crippen molar-refractivity contribution < 1.29 is 19.4 Å². The number of thiazole rings is 1. The van der Waals surface area contributed by atoms with Crippen LogP contribution in [0.15, 0.2) is 40.0 Å². The van der Waals surface area contributed by atoms with Crippen molar-refractivity contribution in [3.8, 4) is 16.3 Å². The van der Waals surface area contributed by atoms with Crippen LogP contribution >= 0.6 is 35.1 Å². The maximum atomic E-state index is 11.9. The van der Waals surface area contributed by atoms with Crippen LogP contribution in [0.2, 0.25) is 0 Å². The summed E-state index contributed by atoms with van der Waals surface area (Å²) >= 11 is 2.64. The zero-order valence-electron chi connectivity index (χ0n) is 16.2. The van der Waals surface area contributed by atoms with Crippen LogP contribution in [0.3, 0.4) is 0 Å². The molecule has 1 aliphatic rings. The van der Waals surface area contributed by atoms with E-state index in [1.807, 2.05) is 23.6 Å². The number of fused-ring (bicyclic) bond motifs is 2. The third-order valence-electron chi connectivity index (χ3n) is 4.22. The fourth-order valence-electron chi connectivity index (χ4n) is 2.82. The van der Waals surface area contributed by atoms with Gasteiger partial charge in [0.25, 0.3) is 11.5 Å². The van der Waals surface area contributed by atoms with Crippen molar-refractivity contribution in [2.45, 2.75) is 6.54 Å². The highest BCUT2D eigenvalue weighted by atomic mass is 35.5. The van der Waals surface area contributed by atoms with Gasteiger partial charge in [0.1, 0.15) is 15.6 Å². The lowest BCUT2D eigenvalue weighted by Crippen LogP contribution is -2.25. The number of H-pyrrole nitrogens is 1. The minimum atomic E-state index is -1.25. The number of amides is 1. The van der Waals surface area contributed by atoms with E-state index in [0.29, 0.717) is 33.8 Å². The normalized spacial score (nSPS) is 12.0. The van der Waals surface area contributed by atoms with Crippen molar-refractivity contribution in [3.05, 3.63) is 56.9 Å². The van der Waals surface area contributed by atoms with Crippen LogP contribution in [0.4, 0.5) is 5.69 Å². The summed E-state index contributed by atoms with van der Waals surface area (Å²) in [6, 6.07) is 5.53. The van der Waals surface area contributed by atoms with Gasteiger partial charge in [-0.25, -0.2) is 14.8 Å². The maximum absolute atomic E-state index is 11.9. The van der Waals surface area contributed by atoms with E-state index in [1.54, 1.807) is 11.6 Å². The lowest BCUT2D eigenvalue weighted by Gasteiger charge is -2.18. The molecular weight excluding hydrogens is 478 g/mol. The smallest absolute Gasteiger partial charge is 0.372 e. The van der Waals surface area contributed by atoms with Crippen LogP contribution in [-0.2, 0) is 11.3 Å². The number of thiophene rings is 1. The predicted octanol–water partition coefficient (Wildman–Crippen LogP) is 2.70. The number of halogens is 1. The minimum absolute atomic E-state index is 0. The van der Waals surface area contributed by atoms with Crippen molar-refractivity contribution in [1.82, 2.24) is 15.0 Å². The summed E-state index contributed by atoms with van der Waals surface area (Å²) in [4.78, 5) is 44.4. The van der Waals surface area contributed by atoms with Crippen molar-refractivity contribution in [2.75, 3.05) is 11.9 Å². The zero-order chi connectivity index (χ0) is 22.0.